The standard InChI is InChI=1S/C25H25F3N2O3/c1-29-21-10-12-30-22(16-21)11-13-33-23-8-2-17(3-9-23)14-19(15-24(31)32)18-4-6-20(7-5-18)25(26,27)28/h2-10,12,16,19H,11,13-15H2,1H3,(H,29,30)(H,31,32). The minimum absolute atomic E-state index is 0.178. The number of aromatic nitrogens is 1. The Morgan fingerprint density at radius 1 is 1.09 bits per heavy atom. The van der Waals surface area contributed by atoms with Gasteiger partial charge in [0.05, 0.1) is 18.6 Å². The lowest BCUT2D eigenvalue weighted by atomic mass is 9.89. The Labute approximate surface area is 190 Å². The van der Waals surface area contributed by atoms with E-state index in [4.69, 9.17) is 4.74 Å². The predicted octanol–water partition coefficient (Wildman–Crippen LogP) is 5.56. The first kappa shape index (κ1) is 24.1. The first-order chi connectivity index (χ1) is 15.7. The van der Waals surface area contributed by atoms with Gasteiger partial charge >= 0.3 is 12.1 Å². The van der Waals surface area contributed by atoms with Crippen LogP contribution < -0.4 is 10.1 Å². The predicted molar refractivity (Wildman–Crippen MR) is 120 cm³/mol. The molecule has 0 spiro atoms. The lowest BCUT2D eigenvalue weighted by molar-refractivity contribution is -0.138. The average molecular weight is 458 g/mol. The highest BCUT2D eigenvalue weighted by molar-refractivity contribution is 5.68. The molecule has 0 amide bonds. The van der Waals surface area contributed by atoms with E-state index < -0.39 is 23.6 Å². The number of benzene rings is 2. The lowest BCUT2D eigenvalue weighted by Gasteiger charge is -2.17. The number of halogens is 3. The fourth-order valence-electron chi connectivity index (χ4n) is 3.51. The van der Waals surface area contributed by atoms with Gasteiger partial charge in [-0.05, 0) is 59.9 Å². The number of pyridine rings is 1. The third-order valence-electron chi connectivity index (χ3n) is 5.27. The molecule has 1 atom stereocenters. The van der Waals surface area contributed by atoms with Crippen LogP contribution in [0, 0.1) is 0 Å². The molecule has 33 heavy (non-hydrogen) atoms. The number of carbonyl (C=O) groups is 1. The van der Waals surface area contributed by atoms with Crippen LogP contribution in [0.4, 0.5) is 18.9 Å². The second kappa shape index (κ2) is 10.8. The second-order valence-corrected chi connectivity index (χ2v) is 7.65. The smallest absolute Gasteiger partial charge is 0.416 e. The van der Waals surface area contributed by atoms with Crippen LogP contribution in [0.25, 0.3) is 0 Å². The van der Waals surface area contributed by atoms with Crippen molar-refractivity contribution in [3.8, 4) is 5.75 Å². The molecule has 0 aliphatic heterocycles. The minimum Gasteiger partial charge on any atom is -0.493 e. The van der Waals surface area contributed by atoms with Gasteiger partial charge in [-0.3, -0.25) is 9.78 Å². The molecule has 1 heterocycles. The maximum Gasteiger partial charge on any atom is 0.416 e. The van der Waals surface area contributed by atoms with Crippen LogP contribution >= 0.6 is 0 Å². The summed E-state index contributed by atoms with van der Waals surface area (Å²) >= 11 is 0. The molecular weight excluding hydrogens is 433 g/mol. The van der Waals surface area contributed by atoms with E-state index in [0.29, 0.717) is 30.8 Å². The molecular formula is C25H25F3N2O3. The molecule has 0 radical (unpaired) electrons. The third kappa shape index (κ3) is 7.24. The number of ether oxygens (including phenoxy) is 1. The lowest BCUT2D eigenvalue weighted by Crippen LogP contribution is -2.11. The Morgan fingerprint density at radius 3 is 2.39 bits per heavy atom. The number of nitrogens with one attached hydrogen (secondary N) is 1. The van der Waals surface area contributed by atoms with Crippen LogP contribution in [0.2, 0.25) is 0 Å². The van der Waals surface area contributed by atoms with Gasteiger partial charge in [-0.15, -0.1) is 0 Å². The summed E-state index contributed by atoms with van der Waals surface area (Å²) in [6.07, 6.45) is -1.84. The molecule has 1 aromatic heterocycles. The van der Waals surface area contributed by atoms with Gasteiger partial charge in [-0.2, -0.15) is 13.2 Å². The summed E-state index contributed by atoms with van der Waals surface area (Å²) in [5.41, 5.74) is 2.56. The highest BCUT2D eigenvalue weighted by Crippen LogP contribution is 2.32. The number of carboxylic acids is 1. The largest absolute Gasteiger partial charge is 0.493 e. The zero-order valence-electron chi connectivity index (χ0n) is 18.1. The van der Waals surface area contributed by atoms with Gasteiger partial charge in [0, 0.05) is 31.0 Å². The van der Waals surface area contributed by atoms with E-state index in [0.717, 1.165) is 29.1 Å². The van der Waals surface area contributed by atoms with Crippen molar-refractivity contribution in [2.75, 3.05) is 19.0 Å². The highest BCUT2D eigenvalue weighted by Gasteiger charge is 2.30. The molecule has 0 fully saturated rings. The fourth-order valence-corrected chi connectivity index (χ4v) is 3.51. The Hall–Kier alpha value is -3.55. The average Bonchev–Trinajstić information content (AvgIpc) is 2.79. The van der Waals surface area contributed by atoms with Crippen molar-refractivity contribution in [2.45, 2.75) is 31.4 Å². The number of hydrogen-bond donors (Lipinski definition) is 2. The number of hydrogen-bond acceptors (Lipinski definition) is 4. The van der Waals surface area contributed by atoms with Crippen LogP contribution in [0.3, 0.4) is 0 Å². The fraction of sp³-hybridized carbons (Fsp3) is 0.280. The molecule has 5 nitrogen and oxygen atoms in total. The van der Waals surface area contributed by atoms with Gasteiger partial charge in [-0.25, -0.2) is 0 Å². The van der Waals surface area contributed by atoms with Gasteiger partial charge in [0.25, 0.3) is 0 Å². The van der Waals surface area contributed by atoms with E-state index in [-0.39, 0.29) is 6.42 Å². The molecule has 3 rings (SSSR count). The van der Waals surface area contributed by atoms with Crippen LogP contribution in [-0.2, 0) is 23.8 Å². The summed E-state index contributed by atoms with van der Waals surface area (Å²) in [5.74, 6) is -0.772. The maximum absolute atomic E-state index is 12.8. The van der Waals surface area contributed by atoms with Crippen molar-refractivity contribution in [1.29, 1.82) is 0 Å². The molecule has 2 aromatic carbocycles. The first-order valence-corrected chi connectivity index (χ1v) is 10.5. The summed E-state index contributed by atoms with van der Waals surface area (Å²) in [6, 6.07) is 15.8. The summed E-state index contributed by atoms with van der Waals surface area (Å²) in [5, 5.41) is 12.3. The van der Waals surface area contributed by atoms with Gasteiger partial charge in [0.15, 0.2) is 0 Å². The number of rotatable bonds is 10. The Morgan fingerprint density at radius 2 is 1.79 bits per heavy atom. The molecule has 0 bridgehead atoms. The number of carboxylic acid groups (broad SMARTS) is 1. The molecule has 2 N–H and O–H groups in total. The normalized spacial score (nSPS) is 12.2. The minimum atomic E-state index is -4.43. The zero-order chi connectivity index (χ0) is 23.8. The topological polar surface area (TPSA) is 71.5 Å². The van der Waals surface area contributed by atoms with Crippen molar-refractivity contribution in [3.63, 3.8) is 0 Å². The molecule has 8 heteroatoms. The monoisotopic (exact) mass is 458 g/mol. The summed E-state index contributed by atoms with van der Waals surface area (Å²) in [4.78, 5) is 15.6. The highest BCUT2D eigenvalue weighted by atomic mass is 19.4. The molecule has 1 unspecified atom stereocenters. The maximum atomic E-state index is 12.8. The number of anilines is 1. The van der Waals surface area contributed by atoms with Crippen LogP contribution in [0.15, 0.2) is 66.9 Å². The van der Waals surface area contributed by atoms with E-state index in [9.17, 15) is 23.1 Å². The Bertz CT molecular complexity index is 1050. The quantitative estimate of drug-likeness (QED) is 0.416. The van der Waals surface area contributed by atoms with E-state index in [2.05, 4.69) is 10.3 Å². The van der Waals surface area contributed by atoms with Crippen molar-refractivity contribution in [2.24, 2.45) is 0 Å². The summed E-state index contributed by atoms with van der Waals surface area (Å²) in [6.45, 7) is 0.451. The van der Waals surface area contributed by atoms with Crippen LogP contribution in [0.1, 0.15) is 34.7 Å². The van der Waals surface area contributed by atoms with Gasteiger partial charge < -0.3 is 15.2 Å². The van der Waals surface area contributed by atoms with Crippen molar-refractivity contribution in [3.05, 3.63) is 89.2 Å². The summed E-state index contributed by atoms with van der Waals surface area (Å²) in [7, 11) is 1.84. The molecule has 0 saturated heterocycles. The second-order valence-electron chi connectivity index (χ2n) is 7.65. The number of alkyl halides is 3. The van der Waals surface area contributed by atoms with E-state index in [1.54, 1.807) is 18.3 Å². The van der Waals surface area contributed by atoms with Crippen molar-refractivity contribution >= 4 is 11.7 Å². The molecule has 3 aromatic rings. The Balaban J connectivity index is 1.61. The van der Waals surface area contributed by atoms with Crippen molar-refractivity contribution < 1.29 is 27.8 Å². The van der Waals surface area contributed by atoms with Gasteiger partial charge in [0.2, 0.25) is 0 Å². The van der Waals surface area contributed by atoms with Gasteiger partial charge in [-0.1, -0.05) is 24.3 Å². The van der Waals surface area contributed by atoms with E-state index in [1.165, 1.54) is 12.1 Å². The van der Waals surface area contributed by atoms with Crippen molar-refractivity contribution in [1.82, 2.24) is 4.98 Å². The van der Waals surface area contributed by atoms with E-state index in [1.807, 2.05) is 31.3 Å². The zero-order valence-corrected chi connectivity index (χ0v) is 18.1. The molecule has 0 aliphatic carbocycles. The van der Waals surface area contributed by atoms with E-state index >= 15 is 0 Å². The molecule has 0 saturated carbocycles. The molecule has 174 valence electrons. The summed E-state index contributed by atoms with van der Waals surface area (Å²) < 4.78 is 44.2. The first-order valence-electron chi connectivity index (χ1n) is 10.5. The Kier molecular flexibility index (Phi) is 7.92. The number of aliphatic carboxylic acids is 1. The number of nitrogens with zero attached hydrogens (tertiary/aromatic N) is 1. The molecule has 0 aliphatic rings. The van der Waals surface area contributed by atoms with Gasteiger partial charge in [0.1, 0.15) is 5.75 Å². The van der Waals surface area contributed by atoms with Crippen LogP contribution in [0.5, 0.6) is 5.75 Å². The third-order valence-corrected chi connectivity index (χ3v) is 5.27. The van der Waals surface area contributed by atoms with Crippen LogP contribution in [-0.4, -0.2) is 29.7 Å². The SMILES string of the molecule is CNc1ccnc(CCOc2ccc(CC(CC(=O)O)c3ccc(C(F)(F)F)cc3)cc2)c1.